The third kappa shape index (κ3) is 4.84. The maximum atomic E-state index is 5.61. The van der Waals surface area contributed by atoms with Gasteiger partial charge in [-0.15, -0.1) is 36.2 Å². The van der Waals surface area contributed by atoms with Crippen molar-refractivity contribution in [1.82, 2.24) is 10.2 Å². The number of nitrogens with zero attached hydrogens (tertiary/aromatic N) is 1. The molecule has 7 heteroatoms. The van der Waals surface area contributed by atoms with Gasteiger partial charge in [0, 0.05) is 41.1 Å². The lowest BCUT2D eigenvalue weighted by Gasteiger charge is -2.35. The Balaban J connectivity index is 0.00000132. The summed E-state index contributed by atoms with van der Waals surface area (Å²) in [6, 6.07) is 10.9. The van der Waals surface area contributed by atoms with Gasteiger partial charge >= 0.3 is 0 Å². The van der Waals surface area contributed by atoms with Gasteiger partial charge in [0.15, 0.2) is 0 Å². The summed E-state index contributed by atoms with van der Waals surface area (Å²) in [4.78, 5) is 3.90. The van der Waals surface area contributed by atoms with Crippen LogP contribution in [0.15, 0.2) is 40.2 Å². The summed E-state index contributed by atoms with van der Waals surface area (Å²) in [5.41, 5.74) is 1.23. The molecule has 1 aliphatic heterocycles. The first kappa shape index (κ1) is 20.7. The van der Waals surface area contributed by atoms with E-state index in [4.69, 9.17) is 4.74 Å². The average Bonchev–Trinajstić information content (AvgIpc) is 3.03. The van der Waals surface area contributed by atoms with Crippen molar-refractivity contribution in [2.45, 2.75) is 6.04 Å². The SMILES string of the molecule is COc1ccc(Br)cc1[C@H](c1cccs1)N1CCNCC1.Cl.Cl. The highest BCUT2D eigenvalue weighted by Gasteiger charge is 2.27. The monoisotopic (exact) mass is 438 g/mol. The summed E-state index contributed by atoms with van der Waals surface area (Å²) in [6.45, 7) is 4.19. The van der Waals surface area contributed by atoms with Crippen molar-refractivity contribution in [2.75, 3.05) is 33.3 Å². The molecule has 0 bridgehead atoms. The van der Waals surface area contributed by atoms with Gasteiger partial charge in [-0.25, -0.2) is 0 Å². The molecule has 1 aromatic heterocycles. The topological polar surface area (TPSA) is 24.5 Å². The Labute approximate surface area is 162 Å². The number of nitrogens with one attached hydrogen (secondary N) is 1. The van der Waals surface area contributed by atoms with E-state index >= 15 is 0 Å². The highest BCUT2D eigenvalue weighted by molar-refractivity contribution is 9.10. The summed E-state index contributed by atoms with van der Waals surface area (Å²) in [7, 11) is 1.75. The molecule has 2 heterocycles. The maximum Gasteiger partial charge on any atom is 0.124 e. The lowest BCUT2D eigenvalue weighted by atomic mass is 10.0. The molecular weight excluding hydrogens is 419 g/mol. The molecule has 0 aliphatic carbocycles. The fraction of sp³-hybridized carbons (Fsp3) is 0.375. The largest absolute Gasteiger partial charge is 0.496 e. The van der Waals surface area contributed by atoms with Crippen LogP contribution in [0.4, 0.5) is 0 Å². The normalized spacial score (nSPS) is 16.1. The number of thiophene rings is 1. The van der Waals surface area contributed by atoms with Gasteiger partial charge in [-0.2, -0.15) is 0 Å². The van der Waals surface area contributed by atoms with E-state index in [1.54, 1.807) is 7.11 Å². The predicted molar refractivity (Wildman–Crippen MR) is 106 cm³/mol. The summed E-state index contributed by atoms with van der Waals surface area (Å²) in [5, 5.41) is 5.58. The smallest absolute Gasteiger partial charge is 0.124 e. The van der Waals surface area contributed by atoms with E-state index in [0.717, 1.165) is 36.4 Å². The number of ether oxygens (including phenoxy) is 1. The van der Waals surface area contributed by atoms with Crippen LogP contribution in [0.25, 0.3) is 0 Å². The number of methoxy groups -OCH3 is 1. The lowest BCUT2D eigenvalue weighted by molar-refractivity contribution is 0.197. The summed E-state index contributed by atoms with van der Waals surface area (Å²) in [6.07, 6.45) is 0. The third-order valence-corrected chi connectivity index (χ3v) is 5.23. The van der Waals surface area contributed by atoms with Crippen LogP contribution in [0.3, 0.4) is 0 Å². The second-order valence-corrected chi connectivity index (χ2v) is 6.99. The highest BCUT2D eigenvalue weighted by Crippen LogP contribution is 2.38. The first-order valence-corrected chi connectivity index (χ1v) is 8.78. The van der Waals surface area contributed by atoms with E-state index in [2.05, 4.69) is 49.7 Å². The van der Waals surface area contributed by atoms with Crippen LogP contribution >= 0.6 is 52.1 Å². The van der Waals surface area contributed by atoms with Crippen molar-refractivity contribution in [1.29, 1.82) is 0 Å². The number of rotatable bonds is 4. The van der Waals surface area contributed by atoms with Gasteiger partial charge in [-0.1, -0.05) is 22.0 Å². The molecule has 1 aromatic carbocycles. The Morgan fingerprint density at radius 1 is 1.22 bits per heavy atom. The minimum absolute atomic E-state index is 0. The second-order valence-electron chi connectivity index (χ2n) is 5.09. The van der Waals surface area contributed by atoms with E-state index in [1.165, 1.54) is 10.4 Å². The van der Waals surface area contributed by atoms with Crippen LogP contribution in [0.1, 0.15) is 16.5 Å². The van der Waals surface area contributed by atoms with Gasteiger partial charge in [0.1, 0.15) is 5.75 Å². The summed E-state index contributed by atoms with van der Waals surface area (Å²) in [5.74, 6) is 0.954. The number of hydrogen-bond acceptors (Lipinski definition) is 4. The van der Waals surface area contributed by atoms with E-state index in [0.29, 0.717) is 0 Å². The summed E-state index contributed by atoms with van der Waals surface area (Å²) >= 11 is 5.41. The number of piperazine rings is 1. The molecule has 0 unspecified atom stereocenters. The van der Waals surface area contributed by atoms with Gasteiger partial charge in [0.05, 0.1) is 13.2 Å². The zero-order chi connectivity index (χ0) is 14.7. The van der Waals surface area contributed by atoms with Crippen molar-refractivity contribution in [2.24, 2.45) is 0 Å². The molecule has 3 rings (SSSR count). The Hall–Kier alpha value is -0.300. The minimum Gasteiger partial charge on any atom is -0.496 e. The molecule has 1 atom stereocenters. The fourth-order valence-electron chi connectivity index (χ4n) is 2.84. The molecule has 2 aromatic rings. The minimum atomic E-state index is 0. The van der Waals surface area contributed by atoms with Crippen molar-refractivity contribution in [3.8, 4) is 5.75 Å². The molecule has 128 valence electrons. The quantitative estimate of drug-likeness (QED) is 0.765. The number of halogens is 3. The van der Waals surface area contributed by atoms with Gasteiger partial charge in [-0.3, -0.25) is 4.90 Å². The molecule has 1 fully saturated rings. The lowest BCUT2D eigenvalue weighted by Crippen LogP contribution is -2.45. The Morgan fingerprint density at radius 3 is 2.57 bits per heavy atom. The Morgan fingerprint density at radius 2 is 1.96 bits per heavy atom. The Kier molecular flexibility index (Phi) is 8.90. The van der Waals surface area contributed by atoms with Crippen molar-refractivity contribution >= 4 is 52.1 Å². The standard InChI is InChI=1S/C16H19BrN2OS.2ClH/c1-20-14-5-4-12(17)11-13(14)16(15-3-2-10-21-15)19-8-6-18-7-9-19;;/h2-5,10-11,16,18H,6-9H2,1H3;2*1H/t16-;;/m1../s1. The molecule has 1 N–H and O–H groups in total. The molecule has 0 amide bonds. The van der Waals surface area contributed by atoms with Crippen LogP contribution in [-0.2, 0) is 0 Å². The van der Waals surface area contributed by atoms with Crippen molar-refractivity contribution in [3.63, 3.8) is 0 Å². The van der Waals surface area contributed by atoms with Gasteiger partial charge in [-0.05, 0) is 29.6 Å². The van der Waals surface area contributed by atoms with Gasteiger partial charge in [0.2, 0.25) is 0 Å². The highest BCUT2D eigenvalue weighted by atomic mass is 79.9. The molecule has 0 saturated carbocycles. The van der Waals surface area contributed by atoms with Crippen molar-refractivity contribution < 1.29 is 4.74 Å². The van der Waals surface area contributed by atoms with Crippen LogP contribution in [0.5, 0.6) is 5.75 Å². The van der Waals surface area contributed by atoms with Crippen LogP contribution in [0, 0.1) is 0 Å². The molecular formula is C16H21BrCl2N2OS. The molecule has 1 saturated heterocycles. The number of hydrogen-bond donors (Lipinski definition) is 1. The maximum absolute atomic E-state index is 5.61. The third-order valence-electron chi connectivity index (χ3n) is 3.82. The van der Waals surface area contributed by atoms with E-state index in [1.807, 2.05) is 23.5 Å². The first-order valence-electron chi connectivity index (χ1n) is 7.11. The number of benzene rings is 1. The Bertz CT molecular complexity index is 592. The molecule has 0 spiro atoms. The van der Waals surface area contributed by atoms with Crippen molar-refractivity contribution in [3.05, 3.63) is 50.6 Å². The first-order chi connectivity index (χ1) is 10.3. The average molecular weight is 440 g/mol. The second kappa shape index (κ2) is 9.87. The van der Waals surface area contributed by atoms with Gasteiger partial charge < -0.3 is 10.1 Å². The van der Waals surface area contributed by atoms with E-state index < -0.39 is 0 Å². The zero-order valence-corrected chi connectivity index (χ0v) is 16.9. The summed E-state index contributed by atoms with van der Waals surface area (Å²) < 4.78 is 6.70. The zero-order valence-electron chi connectivity index (χ0n) is 12.8. The van der Waals surface area contributed by atoms with Crippen LogP contribution in [-0.4, -0.2) is 38.2 Å². The molecule has 0 radical (unpaired) electrons. The van der Waals surface area contributed by atoms with E-state index in [-0.39, 0.29) is 30.9 Å². The molecule has 1 aliphatic rings. The molecule has 3 nitrogen and oxygen atoms in total. The van der Waals surface area contributed by atoms with Gasteiger partial charge in [0.25, 0.3) is 0 Å². The predicted octanol–water partition coefficient (Wildman–Crippen LogP) is 4.36. The van der Waals surface area contributed by atoms with E-state index in [9.17, 15) is 0 Å². The fourth-order valence-corrected chi connectivity index (χ4v) is 4.09. The van der Waals surface area contributed by atoms with Crippen LogP contribution < -0.4 is 10.1 Å². The molecule has 23 heavy (non-hydrogen) atoms. The van der Waals surface area contributed by atoms with Crippen LogP contribution in [0.2, 0.25) is 0 Å².